The fourth-order valence-corrected chi connectivity index (χ4v) is 4.44. The quantitative estimate of drug-likeness (QED) is 0.462. The van der Waals surface area contributed by atoms with Crippen LogP contribution in [0.2, 0.25) is 0 Å². The maximum Gasteiger partial charge on any atom is 0.224 e. The van der Waals surface area contributed by atoms with Crippen LogP contribution in [-0.2, 0) is 4.79 Å². The third kappa shape index (κ3) is 5.41. The van der Waals surface area contributed by atoms with Crippen molar-refractivity contribution in [3.63, 3.8) is 0 Å². The van der Waals surface area contributed by atoms with Crippen LogP contribution in [0.4, 0.5) is 20.9 Å². The number of aromatic nitrogens is 1. The molecule has 4 rings (SSSR count). The van der Waals surface area contributed by atoms with Crippen LogP contribution in [0.1, 0.15) is 38.5 Å². The minimum Gasteiger partial charge on any atom is -0.332 e. The van der Waals surface area contributed by atoms with E-state index >= 15 is 0 Å². The number of anilines is 3. The van der Waals surface area contributed by atoms with Crippen molar-refractivity contribution in [2.45, 2.75) is 38.5 Å². The highest BCUT2D eigenvalue weighted by Gasteiger charge is 2.16. The van der Waals surface area contributed by atoms with Gasteiger partial charge < -0.3 is 10.6 Å². The maximum atomic E-state index is 13.0. The molecule has 0 saturated heterocycles. The predicted octanol–water partition coefficient (Wildman–Crippen LogP) is 6.60. The minimum atomic E-state index is -0.263. The number of hydrogen-bond donors (Lipinski definition) is 2. The lowest BCUT2D eigenvalue weighted by Gasteiger charge is -2.09. The Balaban J connectivity index is 1.32. The molecule has 3 aromatic rings. The Labute approximate surface area is 174 Å². The van der Waals surface area contributed by atoms with Crippen molar-refractivity contribution in [3.05, 3.63) is 59.7 Å². The molecule has 2 N–H and O–H groups in total. The third-order valence-electron chi connectivity index (χ3n) is 5.32. The number of nitrogens with zero attached hydrogens (tertiary/aromatic N) is 1. The van der Waals surface area contributed by atoms with E-state index in [9.17, 15) is 9.18 Å². The highest BCUT2D eigenvalue weighted by molar-refractivity contribution is 7.14. The summed E-state index contributed by atoms with van der Waals surface area (Å²) in [4.78, 5) is 16.8. The van der Waals surface area contributed by atoms with Crippen LogP contribution in [0.5, 0.6) is 0 Å². The molecule has 1 amide bonds. The molecule has 0 radical (unpaired) electrons. The Hall–Kier alpha value is -2.73. The number of halogens is 1. The first kappa shape index (κ1) is 19.6. The van der Waals surface area contributed by atoms with Gasteiger partial charge in [0.05, 0.1) is 5.69 Å². The van der Waals surface area contributed by atoms with Gasteiger partial charge in [-0.15, -0.1) is 11.3 Å². The van der Waals surface area contributed by atoms with Gasteiger partial charge in [0.25, 0.3) is 0 Å². The molecule has 1 heterocycles. The molecule has 0 atom stereocenters. The molecule has 0 aliphatic heterocycles. The van der Waals surface area contributed by atoms with E-state index in [1.165, 1.54) is 49.2 Å². The second-order valence-electron chi connectivity index (χ2n) is 7.48. The molecular formula is C23H24FN3OS. The van der Waals surface area contributed by atoms with E-state index in [1.807, 2.05) is 29.6 Å². The van der Waals surface area contributed by atoms with Gasteiger partial charge in [0.1, 0.15) is 5.82 Å². The molecular weight excluding hydrogens is 385 g/mol. The number of hydrogen-bond acceptors (Lipinski definition) is 4. The van der Waals surface area contributed by atoms with Crippen molar-refractivity contribution in [3.8, 4) is 11.3 Å². The molecule has 1 fully saturated rings. The smallest absolute Gasteiger partial charge is 0.224 e. The Morgan fingerprint density at radius 2 is 1.72 bits per heavy atom. The monoisotopic (exact) mass is 409 g/mol. The van der Waals surface area contributed by atoms with Gasteiger partial charge >= 0.3 is 0 Å². The first-order valence-corrected chi connectivity index (χ1v) is 10.9. The van der Waals surface area contributed by atoms with Gasteiger partial charge in [0, 0.05) is 28.7 Å². The second kappa shape index (κ2) is 9.18. The second-order valence-corrected chi connectivity index (χ2v) is 8.34. The van der Waals surface area contributed by atoms with E-state index in [0.717, 1.165) is 40.1 Å². The Kier molecular flexibility index (Phi) is 6.20. The summed E-state index contributed by atoms with van der Waals surface area (Å²) in [6.07, 6.45) is 6.75. The van der Waals surface area contributed by atoms with Crippen LogP contribution in [0.3, 0.4) is 0 Å². The van der Waals surface area contributed by atoms with E-state index in [2.05, 4.69) is 15.6 Å². The summed E-state index contributed by atoms with van der Waals surface area (Å²) in [5, 5.41) is 8.89. The van der Waals surface area contributed by atoms with Crippen LogP contribution in [0, 0.1) is 11.7 Å². The first-order chi connectivity index (χ1) is 14.2. The van der Waals surface area contributed by atoms with Gasteiger partial charge in [-0.1, -0.05) is 37.8 Å². The van der Waals surface area contributed by atoms with Crippen LogP contribution < -0.4 is 10.6 Å². The van der Waals surface area contributed by atoms with Crippen molar-refractivity contribution < 1.29 is 9.18 Å². The Bertz CT molecular complexity index is 947. The van der Waals surface area contributed by atoms with Gasteiger partial charge in [0.2, 0.25) is 5.91 Å². The van der Waals surface area contributed by atoms with Crippen molar-refractivity contribution in [1.82, 2.24) is 4.98 Å². The SMILES string of the molecule is O=C(CCC1CCCC1)Nc1ccc(-c2csc(Nc3ccc(F)cc3)n2)cc1. The van der Waals surface area contributed by atoms with Crippen LogP contribution in [-0.4, -0.2) is 10.9 Å². The summed E-state index contributed by atoms with van der Waals surface area (Å²) in [5.74, 6) is 0.552. The zero-order chi connectivity index (χ0) is 20.1. The molecule has 2 aromatic carbocycles. The fourth-order valence-electron chi connectivity index (χ4n) is 3.70. The third-order valence-corrected chi connectivity index (χ3v) is 6.08. The number of benzene rings is 2. The summed E-state index contributed by atoms with van der Waals surface area (Å²) in [7, 11) is 0. The van der Waals surface area contributed by atoms with Crippen molar-refractivity contribution in [2.75, 3.05) is 10.6 Å². The Morgan fingerprint density at radius 1 is 1.03 bits per heavy atom. The van der Waals surface area contributed by atoms with Gasteiger partial charge in [-0.05, 0) is 48.7 Å². The number of amides is 1. The van der Waals surface area contributed by atoms with E-state index in [1.54, 1.807) is 12.1 Å². The molecule has 1 aliphatic carbocycles. The topological polar surface area (TPSA) is 54.0 Å². The summed E-state index contributed by atoms with van der Waals surface area (Å²) >= 11 is 1.49. The highest BCUT2D eigenvalue weighted by atomic mass is 32.1. The van der Waals surface area contributed by atoms with Gasteiger partial charge in [-0.2, -0.15) is 0 Å². The average Bonchev–Trinajstić information content (AvgIpc) is 3.41. The fraction of sp³-hybridized carbons (Fsp3) is 0.304. The molecule has 0 unspecified atom stereocenters. The predicted molar refractivity (Wildman–Crippen MR) is 117 cm³/mol. The molecule has 1 aromatic heterocycles. The Morgan fingerprint density at radius 3 is 2.45 bits per heavy atom. The van der Waals surface area contributed by atoms with Crippen molar-refractivity contribution >= 4 is 33.8 Å². The molecule has 150 valence electrons. The van der Waals surface area contributed by atoms with Gasteiger partial charge in [-0.25, -0.2) is 9.37 Å². The molecule has 6 heteroatoms. The lowest BCUT2D eigenvalue weighted by atomic mass is 10.0. The van der Waals surface area contributed by atoms with E-state index in [4.69, 9.17) is 0 Å². The average molecular weight is 410 g/mol. The largest absolute Gasteiger partial charge is 0.332 e. The van der Waals surface area contributed by atoms with E-state index in [0.29, 0.717) is 6.42 Å². The van der Waals surface area contributed by atoms with E-state index < -0.39 is 0 Å². The zero-order valence-electron chi connectivity index (χ0n) is 16.2. The molecule has 29 heavy (non-hydrogen) atoms. The number of thiazole rings is 1. The molecule has 1 aliphatic rings. The standard InChI is InChI=1S/C23H24FN3OS/c24-18-8-12-20(13-9-18)26-23-27-21(15-29-23)17-6-10-19(11-7-17)25-22(28)14-5-16-3-1-2-4-16/h6-13,15-16H,1-5,14H2,(H,25,28)(H,26,27). The normalized spacial score (nSPS) is 14.1. The summed E-state index contributed by atoms with van der Waals surface area (Å²) in [6, 6.07) is 13.9. The maximum absolute atomic E-state index is 13.0. The molecule has 0 spiro atoms. The number of carbonyl (C=O) groups excluding carboxylic acids is 1. The number of carbonyl (C=O) groups is 1. The molecule has 1 saturated carbocycles. The number of nitrogens with one attached hydrogen (secondary N) is 2. The zero-order valence-corrected chi connectivity index (χ0v) is 17.0. The molecule has 0 bridgehead atoms. The van der Waals surface area contributed by atoms with Gasteiger partial charge in [0.15, 0.2) is 5.13 Å². The van der Waals surface area contributed by atoms with Crippen LogP contribution in [0.15, 0.2) is 53.9 Å². The van der Waals surface area contributed by atoms with Crippen molar-refractivity contribution in [2.24, 2.45) is 5.92 Å². The van der Waals surface area contributed by atoms with E-state index in [-0.39, 0.29) is 11.7 Å². The molecule has 4 nitrogen and oxygen atoms in total. The van der Waals surface area contributed by atoms with Crippen LogP contribution >= 0.6 is 11.3 Å². The van der Waals surface area contributed by atoms with Gasteiger partial charge in [-0.3, -0.25) is 4.79 Å². The minimum absolute atomic E-state index is 0.0871. The van der Waals surface area contributed by atoms with Crippen molar-refractivity contribution in [1.29, 1.82) is 0 Å². The lowest BCUT2D eigenvalue weighted by molar-refractivity contribution is -0.116. The summed E-state index contributed by atoms with van der Waals surface area (Å²) in [6.45, 7) is 0. The van der Waals surface area contributed by atoms with Crippen LogP contribution in [0.25, 0.3) is 11.3 Å². The lowest BCUT2D eigenvalue weighted by Crippen LogP contribution is -2.12. The number of rotatable bonds is 7. The highest BCUT2D eigenvalue weighted by Crippen LogP contribution is 2.29. The summed E-state index contributed by atoms with van der Waals surface area (Å²) in [5.41, 5.74) is 3.45. The summed E-state index contributed by atoms with van der Waals surface area (Å²) < 4.78 is 13.0. The first-order valence-electron chi connectivity index (χ1n) is 10.0.